The fourth-order valence-electron chi connectivity index (χ4n) is 2.40. The Morgan fingerprint density at radius 2 is 1.90 bits per heavy atom. The molecule has 0 amide bonds. The average molecular weight is 280 g/mol. The van der Waals surface area contributed by atoms with Crippen molar-refractivity contribution in [3.63, 3.8) is 0 Å². The van der Waals surface area contributed by atoms with Crippen LogP contribution in [0.15, 0.2) is 0 Å². The molecule has 1 N–H and O–H groups in total. The summed E-state index contributed by atoms with van der Waals surface area (Å²) in [6.07, 6.45) is 4.81. The molecule has 2 unspecified atom stereocenters. The second-order valence-electron chi connectivity index (χ2n) is 5.65. The Kier molecular flexibility index (Phi) is 4.98. The Bertz CT molecular complexity index is 439. The van der Waals surface area contributed by atoms with Crippen molar-refractivity contribution in [3.05, 3.63) is 0 Å². The summed E-state index contributed by atoms with van der Waals surface area (Å²) in [4.78, 5) is 12.6. The number of nitrogens with one attached hydrogen (secondary N) is 1. The summed E-state index contributed by atoms with van der Waals surface area (Å²) in [7, 11) is 1.76. The van der Waals surface area contributed by atoms with Gasteiger partial charge in [0.1, 0.15) is 6.10 Å². The Labute approximate surface area is 120 Å². The van der Waals surface area contributed by atoms with E-state index >= 15 is 0 Å². The molecule has 1 aromatic heterocycles. The second-order valence-corrected chi connectivity index (χ2v) is 5.65. The number of aromatic nitrogens is 3. The Morgan fingerprint density at radius 3 is 2.55 bits per heavy atom. The lowest BCUT2D eigenvalue weighted by molar-refractivity contribution is 0.115. The summed E-state index contributed by atoms with van der Waals surface area (Å²) < 4.78 is 11.4. The minimum Gasteiger partial charge on any atom is -0.461 e. The maximum atomic E-state index is 5.91. The van der Waals surface area contributed by atoms with Crippen molar-refractivity contribution in [2.24, 2.45) is 5.92 Å². The van der Waals surface area contributed by atoms with Crippen LogP contribution in [0.5, 0.6) is 12.0 Å². The van der Waals surface area contributed by atoms with Crippen LogP contribution < -0.4 is 14.8 Å². The molecule has 2 atom stereocenters. The van der Waals surface area contributed by atoms with Crippen LogP contribution in [0.2, 0.25) is 0 Å². The van der Waals surface area contributed by atoms with Crippen LogP contribution in [0.1, 0.15) is 46.5 Å². The van der Waals surface area contributed by atoms with Crippen molar-refractivity contribution in [1.29, 1.82) is 0 Å². The van der Waals surface area contributed by atoms with Crippen molar-refractivity contribution in [1.82, 2.24) is 15.0 Å². The molecular weight excluding hydrogens is 256 g/mol. The zero-order valence-corrected chi connectivity index (χ0v) is 12.7. The van der Waals surface area contributed by atoms with Gasteiger partial charge < -0.3 is 14.8 Å². The number of rotatable bonds is 5. The van der Waals surface area contributed by atoms with Crippen molar-refractivity contribution in [2.75, 3.05) is 12.4 Å². The molecule has 0 aromatic carbocycles. The maximum absolute atomic E-state index is 5.91. The average Bonchev–Trinajstić information content (AvgIpc) is 2.37. The summed E-state index contributed by atoms with van der Waals surface area (Å²) >= 11 is 0. The third-order valence-electron chi connectivity index (χ3n) is 3.32. The molecule has 6 nitrogen and oxygen atoms in total. The van der Waals surface area contributed by atoms with Gasteiger partial charge in [-0.3, -0.25) is 0 Å². The lowest BCUT2D eigenvalue weighted by atomic mass is 9.89. The van der Waals surface area contributed by atoms with Gasteiger partial charge in [-0.25, -0.2) is 0 Å². The summed E-state index contributed by atoms with van der Waals surface area (Å²) in [6.45, 7) is 6.13. The zero-order valence-electron chi connectivity index (χ0n) is 12.7. The van der Waals surface area contributed by atoms with Crippen LogP contribution >= 0.6 is 0 Å². The van der Waals surface area contributed by atoms with Gasteiger partial charge >= 0.3 is 12.0 Å². The monoisotopic (exact) mass is 280 g/mol. The van der Waals surface area contributed by atoms with E-state index in [2.05, 4.69) is 27.2 Å². The molecule has 6 heteroatoms. The Hall–Kier alpha value is -1.59. The molecule has 0 radical (unpaired) electrons. The van der Waals surface area contributed by atoms with Crippen LogP contribution in [0.25, 0.3) is 0 Å². The van der Waals surface area contributed by atoms with E-state index in [1.54, 1.807) is 7.05 Å². The third kappa shape index (κ3) is 4.21. The topological polar surface area (TPSA) is 69.2 Å². The minimum absolute atomic E-state index is 0.0182. The molecule has 1 fully saturated rings. The van der Waals surface area contributed by atoms with Crippen molar-refractivity contribution in [3.8, 4) is 12.0 Å². The van der Waals surface area contributed by atoms with Gasteiger partial charge in [-0.1, -0.05) is 13.3 Å². The van der Waals surface area contributed by atoms with Crippen molar-refractivity contribution in [2.45, 2.75) is 58.7 Å². The van der Waals surface area contributed by atoms with Gasteiger partial charge in [-0.2, -0.15) is 9.97 Å². The van der Waals surface area contributed by atoms with E-state index in [0.717, 1.165) is 12.8 Å². The SMILES string of the molecule is CNc1nc(OC(C)C)nc(OC2CCCC(C)C2)n1. The molecule has 112 valence electrons. The summed E-state index contributed by atoms with van der Waals surface area (Å²) in [6, 6.07) is 0.650. The van der Waals surface area contributed by atoms with E-state index in [-0.39, 0.29) is 12.2 Å². The van der Waals surface area contributed by atoms with Gasteiger partial charge in [-0.15, -0.1) is 4.98 Å². The van der Waals surface area contributed by atoms with Gasteiger partial charge in [-0.05, 0) is 39.0 Å². The highest BCUT2D eigenvalue weighted by Gasteiger charge is 2.22. The fraction of sp³-hybridized carbons (Fsp3) is 0.786. The van der Waals surface area contributed by atoms with Crippen LogP contribution in [-0.2, 0) is 0 Å². The number of nitrogens with zero attached hydrogens (tertiary/aromatic N) is 3. The highest BCUT2D eigenvalue weighted by atomic mass is 16.5. The number of hydrogen-bond acceptors (Lipinski definition) is 6. The minimum atomic E-state index is 0.0182. The van der Waals surface area contributed by atoms with Gasteiger partial charge in [0.15, 0.2) is 0 Å². The predicted molar refractivity (Wildman–Crippen MR) is 77.2 cm³/mol. The quantitative estimate of drug-likeness (QED) is 0.894. The van der Waals surface area contributed by atoms with E-state index in [1.165, 1.54) is 12.8 Å². The number of ether oxygens (including phenoxy) is 2. The molecule has 0 spiro atoms. The first-order chi connectivity index (χ1) is 9.56. The first-order valence-corrected chi connectivity index (χ1v) is 7.34. The first-order valence-electron chi connectivity index (χ1n) is 7.34. The first kappa shape index (κ1) is 14.8. The van der Waals surface area contributed by atoms with E-state index in [1.807, 2.05) is 13.8 Å². The summed E-state index contributed by atoms with van der Waals surface area (Å²) in [5, 5.41) is 2.90. The van der Waals surface area contributed by atoms with E-state index < -0.39 is 0 Å². The second kappa shape index (κ2) is 6.72. The van der Waals surface area contributed by atoms with E-state index in [0.29, 0.717) is 23.9 Å². The van der Waals surface area contributed by atoms with Crippen LogP contribution in [0.4, 0.5) is 5.95 Å². The number of hydrogen-bond donors (Lipinski definition) is 1. The van der Waals surface area contributed by atoms with Crippen LogP contribution in [0.3, 0.4) is 0 Å². The molecular formula is C14H24N4O2. The Balaban J connectivity index is 2.09. The third-order valence-corrected chi connectivity index (χ3v) is 3.32. The maximum Gasteiger partial charge on any atom is 0.324 e. The number of anilines is 1. The smallest absolute Gasteiger partial charge is 0.324 e. The van der Waals surface area contributed by atoms with Gasteiger partial charge in [0.05, 0.1) is 6.10 Å². The molecule has 0 bridgehead atoms. The van der Waals surface area contributed by atoms with Crippen molar-refractivity contribution >= 4 is 5.95 Å². The largest absolute Gasteiger partial charge is 0.461 e. The van der Waals surface area contributed by atoms with Crippen molar-refractivity contribution < 1.29 is 9.47 Å². The molecule has 1 aliphatic carbocycles. The van der Waals surface area contributed by atoms with Crippen LogP contribution in [0, 0.1) is 5.92 Å². The predicted octanol–water partition coefficient (Wildman–Crippen LogP) is 2.66. The molecule has 0 aliphatic heterocycles. The zero-order chi connectivity index (χ0) is 14.5. The molecule has 1 aromatic rings. The van der Waals surface area contributed by atoms with Gasteiger partial charge in [0, 0.05) is 7.05 Å². The van der Waals surface area contributed by atoms with E-state index in [4.69, 9.17) is 9.47 Å². The van der Waals surface area contributed by atoms with E-state index in [9.17, 15) is 0 Å². The van der Waals surface area contributed by atoms with Crippen LogP contribution in [-0.4, -0.2) is 34.2 Å². The Morgan fingerprint density at radius 1 is 1.15 bits per heavy atom. The summed E-state index contributed by atoms with van der Waals surface area (Å²) in [5.41, 5.74) is 0. The normalized spacial score (nSPS) is 22.6. The van der Waals surface area contributed by atoms with Gasteiger partial charge in [0.25, 0.3) is 0 Å². The fourth-order valence-corrected chi connectivity index (χ4v) is 2.40. The molecule has 1 saturated carbocycles. The lowest BCUT2D eigenvalue weighted by Gasteiger charge is -2.26. The molecule has 1 aliphatic rings. The lowest BCUT2D eigenvalue weighted by Crippen LogP contribution is -2.25. The summed E-state index contributed by atoms with van der Waals surface area (Å²) in [5.74, 6) is 1.17. The molecule has 20 heavy (non-hydrogen) atoms. The highest BCUT2D eigenvalue weighted by Crippen LogP contribution is 2.26. The highest BCUT2D eigenvalue weighted by molar-refractivity contribution is 5.26. The molecule has 2 rings (SSSR count). The van der Waals surface area contributed by atoms with Gasteiger partial charge in [0.2, 0.25) is 5.95 Å². The molecule has 0 saturated heterocycles. The molecule has 1 heterocycles. The standard InChI is InChI=1S/C14H24N4O2/c1-9(2)19-13-16-12(15-4)17-14(18-13)20-11-7-5-6-10(3)8-11/h9-11H,5-8H2,1-4H3,(H,15,16,17,18).